The number of rotatable bonds is 10. The van der Waals surface area contributed by atoms with Gasteiger partial charge in [0.25, 0.3) is 11.8 Å². The summed E-state index contributed by atoms with van der Waals surface area (Å²) in [6, 6.07) is 12.0. The fraction of sp³-hybridized carbons (Fsp3) is 0.318. The first-order valence-corrected chi connectivity index (χ1v) is 9.63. The van der Waals surface area contributed by atoms with Gasteiger partial charge in [-0.05, 0) is 56.7 Å². The molecule has 30 heavy (non-hydrogen) atoms. The van der Waals surface area contributed by atoms with Crippen molar-refractivity contribution < 1.29 is 28.6 Å². The van der Waals surface area contributed by atoms with Gasteiger partial charge in [0.1, 0.15) is 6.54 Å². The third-order valence-corrected chi connectivity index (χ3v) is 3.86. The van der Waals surface area contributed by atoms with E-state index < -0.39 is 24.4 Å². The van der Waals surface area contributed by atoms with Gasteiger partial charge in [0, 0.05) is 11.3 Å². The molecule has 0 aromatic heterocycles. The lowest BCUT2D eigenvalue weighted by atomic mass is 10.2. The van der Waals surface area contributed by atoms with Gasteiger partial charge < -0.3 is 24.8 Å². The average molecular weight is 414 g/mol. The minimum Gasteiger partial charge on any atom is -0.490 e. The lowest BCUT2D eigenvalue weighted by Gasteiger charge is -2.12. The molecule has 0 heterocycles. The first-order valence-electron chi connectivity index (χ1n) is 9.63. The van der Waals surface area contributed by atoms with Crippen molar-refractivity contribution in [3.8, 4) is 11.5 Å². The van der Waals surface area contributed by atoms with Crippen molar-refractivity contribution in [2.45, 2.75) is 20.8 Å². The molecule has 0 bridgehead atoms. The number of hydrogen-bond donors (Lipinski definition) is 2. The van der Waals surface area contributed by atoms with Crippen LogP contribution < -0.4 is 20.1 Å². The molecule has 2 rings (SSSR count). The maximum absolute atomic E-state index is 12.3. The zero-order valence-electron chi connectivity index (χ0n) is 17.3. The number of hydrogen-bond acceptors (Lipinski definition) is 6. The third-order valence-electron chi connectivity index (χ3n) is 3.86. The van der Waals surface area contributed by atoms with E-state index in [-0.39, 0.29) is 6.54 Å². The quantitative estimate of drug-likeness (QED) is 0.580. The number of aryl methyl sites for hydroxylation is 1. The molecule has 0 unspecified atom stereocenters. The second-order valence-electron chi connectivity index (χ2n) is 6.29. The molecule has 8 heteroatoms. The third kappa shape index (κ3) is 7.12. The van der Waals surface area contributed by atoms with Crippen LogP contribution in [0.5, 0.6) is 11.5 Å². The number of ether oxygens (including phenoxy) is 3. The van der Waals surface area contributed by atoms with Crippen LogP contribution in [-0.2, 0) is 14.3 Å². The van der Waals surface area contributed by atoms with Crippen LogP contribution in [0.2, 0.25) is 0 Å². The van der Waals surface area contributed by atoms with Crippen molar-refractivity contribution in [1.29, 1.82) is 0 Å². The zero-order valence-corrected chi connectivity index (χ0v) is 17.3. The first-order chi connectivity index (χ1) is 14.4. The highest BCUT2D eigenvalue weighted by Gasteiger charge is 2.14. The average Bonchev–Trinajstić information content (AvgIpc) is 2.72. The molecule has 0 radical (unpaired) electrons. The summed E-state index contributed by atoms with van der Waals surface area (Å²) in [6.07, 6.45) is 0. The van der Waals surface area contributed by atoms with Crippen molar-refractivity contribution in [1.82, 2.24) is 5.32 Å². The number of carbonyl (C=O) groups excluding carboxylic acids is 3. The Bertz CT molecular complexity index is 897. The molecule has 2 amide bonds. The predicted molar refractivity (Wildman–Crippen MR) is 112 cm³/mol. The molecule has 2 aromatic carbocycles. The van der Waals surface area contributed by atoms with Crippen LogP contribution in [0.1, 0.15) is 29.8 Å². The predicted octanol–water partition coefficient (Wildman–Crippen LogP) is 2.70. The molecule has 2 N–H and O–H groups in total. The van der Waals surface area contributed by atoms with Crippen LogP contribution in [-0.4, -0.2) is 44.1 Å². The summed E-state index contributed by atoms with van der Waals surface area (Å²) < 4.78 is 15.8. The van der Waals surface area contributed by atoms with Crippen LogP contribution in [0, 0.1) is 6.92 Å². The van der Waals surface area contributed by atoms with Crippen molar-refractivity contribution in [2.24, 2.45) is 0 Å². The summed E-state index contributed by atoms with van der Waals surface area (Å²) in [7, 11) is 0. The number of nitrogens with one attached hydrogen (secondary N) is 2. The number of amides is 2. The molecule has 0 saturated carbocycles. The fourth-order valence-corrected chi connectivity index (χ4v) is 2.56. The van der Waals surface area contributed by atoms with Crippen molar-refractivity contribution in [3.63, 3.8) is 0 Å². The van der Waals surface area contributed by atoms with E-state index in [2.05, 4.69) is 10.6 Å². The van der Waals surface area contributed by atoms with Crippen LogP contribution in [0.15, 0.2) is 42.5 Å². The molecule has 0 fully saturated rings. The largest absolute Gasteiger partial charge is 0.490 e. The summed E-state index contributed by atoms with van der Waals surface area (Å²) in [5.74, 6) is -0.677. The molecule has 0 saturated heterocycles. The van der Waals surface area contributed by atoms with Gasteiger partial charge in [-0.3, -0.25) is 14.4 Å². The number of benzene rings is 2. The molecular formula is C22H26N2O6. The van der Waals surface area contributed by atoms with Crippen LogP contribution in [0.4, 0.5) is 5.69 Å². The molecule has 0 aliphatic rings. The SMILES string of the molecule is CCOc1ccc(C(=O)NCC(=O)OCC(=O)Nc2cccc(C)c2)cc1OCC. The number of carbonyl (C=O) groups is 3. The van der Waals surface area contributed by atoms with E-state index in [0.29, 0.717) is 36.0 Å². The van der Waals surface area contributed by atoms with Crippen LogP contribution in [0.25, 0.3) is 0 Å². The Morgan fingerprint density at radius 3 is 2.37 bits per heavy atom. The minimum atomic E-state index is -0.723. The van der Waals surface area contributed by atoms with E-state index in [1.165, 1.54) is 0 Å². The van der Waals surface area contributed by atoms with Gasteiger partial charge in [-0.1, -0.05) is 12.1 Å². The molecule has 0 atom stereocenters. The molecule has 2 aromatic rings. The normalized spacial score (nSPS) is 10.1. The smallest absolute Gasteiger partial charge is 0.325 e. The van der Waals surface area contributed by atoms with Gasteiger partial charge in [-0.25, -0.2) is 0 Å². The van der Waals surface area contributed by atoms with Crippen molar-refractivity contribution in [3.05, 3.63) is 53.6 Å². The summed E-state index contributed by atoms with van der Waals surface area (Å²) in [4.78, 5) is 36.0. The van der Waals surface area contributed by atoms with E-state index in [1.54, 1.807) is 30.3 Å². The van der Waals surface area contributed by atoms with E-state index in [1.807, 2.05) is 32.9 Å². The molecular weight excluding hydrogens is 388 g/mol. The van der Waals surface area contributed by atoms with E-state index in [4.69, 9.17) is 14.2 Å². The first kappa shape index (κ1) is 22.7. The Balaban J connectivity index is 1.81. The van der Waals surface area contributed by atoms with Gasteiger partial charge >= 0.3 is 5.97 Å². The molecule has 0 spiro atoms. The zero-order chi connectivity index (χ0) is 21.9. The highest BCUT2D eigenvalue weighted by atomic mass is 16.5. The molecule has 0 aliphatic heterocycles. The van der Waals surface area contributed by atoms with Crippen LogP contribution in [0.3, 0.4) is 0 Å². The second kappa shape index (κ2) is 11.5. The fourth-order valence-electron chi connectivity index (χ4n) is 2.56. The summed E-state index contributed by atoms with van der Waals surface area (Å²) >= 11 is 0. The molecule has 0 aliphatic carbocycles. The lowest BCUT2D eigenvalue weighted by molar-refractivity contribution is -0.146. The Kier molecular flexibility index (Phi) is 8.68. The molecule has 8 nitrogen and oxygen atoms in total. The monoisotopic (exact) mass is 414 g/mol. The van der Waals surface area contributed by atoms with Gasteiger partial charge in [0.15, 0.2) is 18.1 Å². The summed E-state index contributed by atoms with van der Waals surface area (Å²) in [5, 5.41) is 5.09. The number of esters is 1. The topological polar surface area (TPSA) is 103 Å². The van der Waals surface area contributed by atoms with E-state index in [9.17, 15) is 14.4 Å². The Morgan fingerprint density at radius 1 is 0.933 bits per heavy atom. The van der Waals surface area contributed by atoms with E-state index in [0.717, 1.165) is 5.56 Å². The maximum Gasteiger partial charge on any atom is 0.325 e. The summed E-state index contributed by atoms with van der Waals surface area (Å²) in [5.41, 5.74) is 1.92. The van der Waals surface area contributed by atoms with Gasteiger partial charge in [-0.2, -0.15) is 0 Å². The van der Waals surface area contributed by atoms with Crippen molar-refractivity contribution in [2.75, 3.05) is 31.7 Å². The van der Waals surface area contributed by atoms with Gasteiger partial charge in [0.05, 0.1) is 13.2 Å². The summed E-state index contributed by atoms with van der Waals surface area (Å²) in [6.45, 7) is 5.65. The van der Waals surface area contributed by atoms with Crippen molar-refractivity contribution >= 4 is 23.5 Å². The van der Waals surface area contributed by atoms with Gasteiger partial charge in [0.2, 0.25) is 0 Å². The maximum atomic E-state index is 12.3. The molecule has 160 valence electrons. The van der Waals surface area contributed by atoms with E-state index >= 15 is 0 Å². The minimum absolute atomic E-state index is 0.312. The highest BCUT2D eigenvalue weighted by Crippen LogP contribution is 2.28. The second-order valence-corrected chi connectivity index (χ2v) is 6.29. The number of anilines is 1. The van der Waals surface area contributed by atoms with Crippen LogP contribution >= 0.6 is 0 Å². The Morgan fingerprint density at radius 2 is 1.67 bits per heavy atom. The van der Waals surface area contributed by atoms with Gasteiger partial charge in [-0.15, -0.1) is 0 Å². The Labute approximate surface area is 175 Å². The Hall–Kier alpha value is -3.55. The highest BCUT2D eigenvalue weighted by molar-refractivity contribution is 5.97. The lowest BCUT2D eigenvalue weighted by Crippen LogP contribution is -2.32. The standard InChI is InChI=1S/C22H26N2O6/c1-4-28-18-10-9-16(12-19(18)29-5-2)22(27)23-13-21(26)30-14-20(25)24-17-8-6-7-15(3)11-17/h6-12H,4-5,13-14H2,1-3H3,(H,23,27)(H,24,25).